The van der Waals surface area contributed by atoms with Crippen LogP contribution in [0.5, 0.6) is 0 Å². The maximum Gasteiger partial charge on any atom is 0.123 e. The number of hydrogen-bond acceptors (Lipinski definition) is 3. The average Bonchev–Trinajstić information content (AvgIpc) is 2.32. The van der Waals surface area contributed by atoms with Crippen LogP contribution in [0.1, 0.15) is 24.0 Å². The molecular weight excluding hydrogens is 278 g/mol. The Balaban J connectivity index is 1.92. The second-order valence-corrected chi connectivity index (χ2v) is 5.37. The topological polar surface area (TPSA) is 48.7 Å². The van der Waals surface area contributed by atoms with Crippen LogP contribution in [0.25, 0.3) is 5.57 Å². The number of nitrogens with one attached hydrogen (secondary N) is 1. The third-order valence-corrected chi connectivity index (χ3v) is 4.28. The van der Waals surface area contributed by atoms with Gasteiger partial charge in [0.25, 0.3) is 0 Å². The second-order valence-electron chi connectivity index (χ2n) is 4.62. The summed E-state index contributed by atoms with van der Waals surface area (Å²) in [5, 5.41) is 12.4. The molecule has 1 aromatic rings. The van der Waals surface area contributed by atoms with E-state index in [0.29, 0.717) is 16.2 Å². The number of aromatic nitrogens is 1. The van der Waals surface area contributed by atoms with Gasteiger partial charge in [-0.1, -0.05) is 6.08 Å². The Kier molecular flexibility index (Phi) is 2.73. The average molecular weight is 290 g/mol. The molecule has 4 heteroatoms. The molecular formula is C13H12BrN3. The molecule has 1 aromatic heterocycles. The van der Waals surface area contributed by atoms with E-state index < -0.39 is 0 Å². The van der Waals surface area contributed by atoms with Crippen LogP contribution in [0.3, 0.4) is 0 Å². The first-order valence-corrected chi connectivity index (χ1v) is 6.55. The van der Waals surface area contributed by atoms with Crippen molar-refractivity contribution in [3.05, 3.63) is 34.1 Å². The van der Waals surface area contributed by atoms with Gasteiger partial charge in [0.15, 0.2) is 0 Å². The fourth-order valence-electron chi connectivity index (χ4n) is 2.49. The largest absolute Gasteiger partial charge is 0.313 e. The number of halogens is 1. The zero-order chi connectivity index (χ0) is 11.8. The van der Waals surface area contributed by atoms with Gasteiger partial charge < -0.3 is 5.32 Å². The number of nitrogens with zero attached hydrogens (tertiary/aromatic N) is 2. The van der Waals surface area contributed by atoms with Gasteiger partial charge in [-0.2, -0.15) is 5.26 Å². The van der Waals surface area contributed by atoms with Crippen LogP contribution in [0.15, 0.2) is 22.9 Å². The van der Waals surface area contributed by atoms with E-state index in [2.05, 4.69) is 38.4 Å². The molecule has 2 aliphatic rings. The Labute approximate surface area is 109 Å². The summed E-state index contributed by atoms with van der Waals surface area (Å²) in [6, 6.07) is 4.70. The SMILES string of the molecule is N#Cc1cc(C2=CC[C@@H]3CN[C@@H]3C2)cnc1Br. The van der Waals surface area contributed by atoms with Crippen LogP contribution in [0, 0.1) is 17.2 Å². The number of fused-ring (bicyclic) bond motifs is 1. The van der Waals surface area contributed by atoms with E-state index in [0.717, 1.165) is 30.9 Å². The monoisotopic (exact) mass is 289 g/mol. The Hall–Kier alpha value is -1.18. The van der Waals surface area contributed by atoms with E-state index in [1.54, 1.807) is 0 Å². The van der Waals surface area contributed by atoms with Gasteiger partial charge in [0.2, 0.25) is 0 Å². The van der Waals surface area contributed by atoms with E-state index in [1.807, 2.05) is 12.3 Å². The minimum atomic E-state index is 0.604. The van der Waals surface area contributed by atoms with Crippen molar-refractivity contribution in [3.63, 3.8) is 0 Å². The number of nitriles is 1. The molecule has 0 radical (unpaired) electrons. The molecule has 86 valence electrons. The molecule has 2 atom stereocenters. The third-order valence-electron chi connectivity index (χ3n) is 3.65. The normalized spacial score (nSPS) is 26.5. The molecule has 1 aliphatic heterocycles. The lowest BCUT2D eigenvalue weighted by Gasteiger charge is -2.41. The van der Waals surface area contributed by atoms with Gasteiger partial charge in [-0.25, -0.2) is 4.98 Å². The maximum atomic E-state index is 8.99. The summed E-state index contributed by atoms with van der Waals surface area (Å²) >= 11 is 3.28. The van der Waals surface area contributed by atoms with Crippen LogP contribution < -0.4 is 5.32 Å². The number of allylic oxidation sites excluding steroid dienone is 1. The van der Waals surface area contributed by atoms with E-state index in [4.69, 9.17) is 5.26 Å². The lowest BCUT2D eigenvalue weighted by molar-refractivity contribution is 0.231. The van der Waals surface area contributed by atoms with Gasteiger partial charge in [0.05, 0.1) is 5.56 Å². The first-order valence-electron chi connectivity index (χ1n) is 5.76. The molecule has 0 amide bonds. The molecule has 2 heterocycles. The second kappa shape index (κ2) is 4.25. The molecule has 1 aliphatic carbocycles. The van der Waals surface area contributed by atoms with Crippen molar-refractivity contribution < 1.29 is 0 Å². The Morgan fingerprint density at radius 3 is 3.06 bits per heavy atom. The van der Waals surface area contributed by atoms with Crippen molar-refractivity contribution in [2.24, 2.45) is 5.92 Å². The van der Waals surface area contributed by atoms with Crippen molar-refractivity contribution in [2.45, 2.75) is 18.9 Å². The minimum absolute atomic E-state index is 0.604. The Morgan fingerprint density at radius 1 is 1.53 bits per heavy atom. The Bertz CT molecular complexity index is 530. The fraction of sp³-hybridized carbons (Fsp3) is 0.385. The lowest BCUT2D eigenvalue weighted by atomic mass is 9.78. The fourth-order valence-corrected chi connectivity index (χ4v) is 2.79. The van der Waals surface area contributed by atoms with Gasteiger partial charge >= 0.3 is 0 Å². The van der Waals surface area contributed by atoms with Crippen LogP contribution in [-0.4, -0.2) is 17.6 Å². The molecule has 1 N–H and O–H groups in total. The molecule has 1 saturated heterocycles. The van der Waals surface area contributed by atoms with Gasteiger partial charge in [0.1, 0.15) is 10.7 Å². The molecule has 3 nitrogen and oxygen atoms in total. The van der Waals surface area contributed by atoms with E-state index in [9.17, 15) is 0 Å². The molecule has 0 aromatic carbocycles. The van der Waals surface area contributed by atoms with E-state index in [1.165, 1.54) is 5.57 Å². The van der Waals surface area contributed by atoms with Gasteiger partial charge in [-0.15, -0.1) is 0 Å². The third kappa shape index (κ3) is 1.90. The zero-order valence-electron chi connectivity index (χ0n) is 9.28. The lowest BCUT2D eigenvalue weighted by Crippen LogP contribution is -2.53. The molecule has 0 saturated carbocycles. The van der Waals surface area contributed by atoms with E-state index >= 15 is 0 Å². The van der Waals surface area contributed by atoms with Crippen LogP contribution in [-0.2, 0) is 0 Å². The highest BCUT2D eigenvalue weighted by atomic mass is 79.9. The van der Waals surface area contributed by atoms with Crippen molar-refractivity contribution >= 4 is 21.5 Å². The minimum Gasteiger partial charge on any atom is -0.313 e. The first kappa shape index (κ1) is 10.9. The smallest absolute Gasteiger partial charge is 0.123 e. The van der Waals surface area contributed by atoms with Crippen molar-refractivity contribution in [1.29, 1.82) is 5.26 Å². The van der Waals surface area contributed by atoms with Gasteiger partial charge in [0, 0.05) is 18.8 Å². The predicted octanol–water partition coefficient (Wildman–Crippen LogP) is 2.48. The standard InChI is InChI=1S/C13H12BrN3/c14-13-10(5-15)3-11(7-17-13)8-1-2-9-6-16-12(9)4-8/h1,3,7,9,12,16H,2,4,6H2/t9-,12-/m1/s1. The molecule has 1 fully saturated rings. The van der Waals surface area contributed by atoms with Crippen LogP contribution in [0.2, 0.25) is 0 Å². The maximum absolute atomic E-state index is 8.99. The quantitative estimate of drug-likeness (QED) is 0.808. The highest BCUT2D eigenvalue weighted by molar-refractivity contribution is 9.10. The number of rotatable bonds is 1. The summed E-state index contributed by atoms with van der Waals surface area (Å²) in [6.07, 6.45) is 6.34. The van der Waals surface area contributed by atoms with Gasteiger partial charge in [-0.3, -0.25) is 0 Å². The van der Waals surface area contributed by atoms with Crippen LogP contribution in [0.4, 0.5) is 0 Å². The summed E-state index contributed by atoms with van der Waals surface area (Å²) in [7, 11) is 0. The van der Waals surface area contributed by atoms with E-state index in [-0.39, 0.29) is 0 Å². The molecule has 0 bridgehead atoms. The highest BCUT2D eigenvalue weighted by Crippen LogP contribution is 2.34. The summed E-state index contributed by atoms with van der Waals surface area (Å²) in [4.78, 5) is 4.22. The van der Waals surface area contributed by atoms with Gasteiger partial charge in [-0.05, 0) is 51.9 Å². The Morgan fingerprint density at radius 2 is 2.41 bits per heavy atom. The van der Waals surface area contributed by atoms with Crippen LogP contribution >= 0.6 is 15.9 Å². The zero-order valence-corrected chi connectivity index (χ0v) is 10.9. The summed E-state index contributed by atoms with van der Waals surface area (Å²) < 4.78 is 0.625. The summed E-state index contributed by atoms with van der Waals surface area (Å²) in [5.74, 6) is 0.817. The summed E-state index contributed by atoms with van der Waals surface area (Å²) in [6.45, 7) is 1.15. The van der Waals surface area contributed by atoms with Crippen molar-refractivity contribution in [1.82, 2.24) is 10.3 Å². The first-order chi connectivity index (χ1) is 8.28. The number of hydrogen-bond donors (Lipinski definition) is 1. The summed E-state index contributed by atoms with van der Waals surface area (Å²) in [5.41, 5.74) is 3.00. The van der Waals surface area contributed by atoms with Crippen molar-refractivity contribution in [2.75, 3.05) is 6.54 Å². The molecule has 3 rings (SSSR count). The highest BCUT2D eigenvalue weighted by Gasteiger charge is 2.33. The molecule has 17 heavy (non-hydrogen) atoms. The molecule has 0 unspecified atom stereocenters. The molecule has 0 spiro atoms. The van der Waals surface area contributed by atoms with Crippen molar-refractivity contribution in [3.8, 4) is 6.07 Å². The number of pyridine rings is 1. The predicted molar refractivity (Wildman–Crippen MR) is 69.1 cm³/mol.